The summed E-state index contributed by atoms with van der Waals surface area (Å²) in [4.78, 5) is 4.84. The van der Waals surface area contributed by atoms with Gasteiger partial charge in [-0.05, 0) is 71.2 Å². The number of hydrogen-bond donors (Lipinski definition) is 2. The first-order valence-electron chi connectivity index (χ1n) is 14.7. The predicted molar refractivity (Wildman–Crippen MR) is 179 cm³/mol. The number of imidazole rings is 1. The molecule has 2 N–H and O–H groups in total. The molecule has 0 radical (unpaired) electrons. The fraction of sp³-hybridized carbons (Fsp3) is 0.0769. The second-order valence-corrected chi connectivity index (χ2v) is 10.8. The Labute approximate surface area is 252 Å². The van der Waals surface area contributed by atoms with E-state index in [1.54, 1.807) is 0 Å². The van der Waals surface area contributed by atoms with Crippen molar-refractivity contribution in [1.82, 2.24) is 14.9 Å². The SMILES string of the molecule is CCc1nc2ccccc2n1-c1ccc(-c2cccc(C(=N)/C(C)=C3\NC(c4ccccc4)=Cc4ccccc43)c2)cc1. The third kappa shape index (κ3) is 4.87. The standard InChI is InChI=1S/C39H32N4/c1-3-37-41-34-18-9-10-19-36(34)43(37)32-22-20-27(21-23-32)29-15-11-16-31(24-29)38(40)26(2)39-33-17-8-7-14-30(33)25-35(42-39)28-12-5-4-6-13-28/h4-25,40,42H,3H2,1-2H3/b39-26-,40-38?. The van der Waals surface area contributed by atoms with Gasteiger partial charge in [-0.3, -0.25) is 9.98 Å². The molecule has 208 valence electrons. The highest BCUT2D eigenvalue weighted by Crippen LogP contribution is 2.33. The topological polar surface area (TPSA) is 53.7 Å². The number of allylic oxidation sites excluding steroid dienone is 1. The second kappa shape index (κ2) is 11.1. The molecule has 0 atom stereocenters. The van der Waals surface area contributed by atoms with Crippen LogP contribution in [0.1, 0.15) is 41.9 Å². The maximum atomic E-state index is 9.27. The lowest BCUT2D eigenvalue weighted by Crippen LogP contribution is -2.19. The molecular formula is C39H32N4. The van der Waals surface area contributed by atoms with Crippen LogP contribution in [0, 0.1) is 5.41 Å². The summed E-state index contributed by atoms with van der Waals surface area (Å²) in [6.07, 6.45) is 3.04. The minimum atomic E-state index is 0.502. The summed E-state index contributed by atoms with van der Waals surface area (Å²) < 4.78 is 2.24. The molecule has 0 unspecified atom stereocenters. The minimum Gasteiger partial charge on any atom is -0.354 e. The fourth-order valence-electron chi connectivity index (χ4n) is 5.91. The summed E-state index contributed by atoms with van der Waals surface area (Å²) in [5, 5.41) is 12.9. The molecule has 0 spiro atoms. The molecule has 1 aliphatic rings. The zero-order valence-corrected chi connectivity index (χ0v) is 24.3. The van der Waals surface area contributed by atoms with Gasteiger partial charge in [0.1, 0.15) is 5.82 Å². The van der Waals surface area contributed by atoms with Crippen LogP contribution in [0.3, 0.4) is 0 Å². The number of hydrogen-bond acceptors (Lipinski definition) is 3. The van der Waals surface area contributed by atoms with E-state index in [0.29, 0.717) is 5.71 Å². The number of aromatic nitrogens is 2. The van der Waals surface area contributed by atoms with Gasteiger partial charge in [0.2, 0.25) is 0 Å². The van der Waals surface area contributed by atoms with Gasteiger partial charge in [-0.25, -0.2) is 4.98 Å². The van der Waals surface area contributed by atoms with E-state index < -0.39 is 0 Å². The Hall–Kier alpha value is -5.48. The summed E-state index contributed by atoms with van der Waals surface area (Å²) >= 11 is 0. The maximum Gasteiger partial charge on any atom is 0.114 e. The lowest BCUT2D eigenvalue weighted by molar-refractivity contribution is 0.908. The number of nitrogens with zero attached hydrogens (tertiary/aromatic N) is 2. The Morgan fingerprint density at radius 3 is 2.28 bits per heavy atom. The van der Waals surface area contributed by atoms with Gasteiger partial charge >= 0.3 is 0 Å². The first-order valence-corrected chi connectivity index (χ1v) is 14.7. The highest BCUT2D eigenvalue weighted by Gasteiger charge is 2.20. The molecule has 0 aliphatic carbocycles. The van der Waals surface area contributed by atoms with E-state index >= 15 is 0 Å². The first kappa shape index (κ1) is 26.4. The van der Waals surface area contributed by atoms with E-state index in [2.05, 4.69) is 126 Å². The van der Waals surface area contributed by atoms with E-state index in [0.717, 1.165) is 79.3 Å². The van der Waals surface area contributed by atoms with E-state index in [1.165, 1.54) is 0 Å². The summed E-state index contributed by atoms with van der Waals surface area (Å²) in [6, 6.07) is 44.0. The van der Waals surface area contributed by atoms with E-state index in [1.807, 2.05) is 31.2 Å². The third-order valence-electron chi connectivity index (χ3n) is 8.18. The van der Waals surface area contributed by atoms with Gasteiger partial charge in [0.15, 0.2) is 0 Å². The maximum absolute atomic E-state index is 9.27. The lowest BCUT2D eigenvalue weighted by atomic mass is 9.91. The molecule has 5 aromatic carbocycles. The zero-order valence-electron chi connectivity index (χ0n) is 24.3. The molecule has 0 amide bonds. The summed E-state index contributed by atoms with van der Waals surface area (Å²) in [5.74, 6) is 1.05. The lowest BCUT2D eigenvalue weighted by Gasteiger charge is -2.25. The Morgan fingerprint density at radius 2 is 1.47 bits per heavy atom. The van der Waals surface area contributed by atoms with Crippen LogP contribution in [-0.4, -0.2) is 15.3 Å². The summed E-state index contributed by atoms with van der Waals surface area (Å²) in [7, 11) is 0. The van der Waals surface area contributed by atoms with Crippen molar-refractivity contribution in [3.63, 3.8) is 0 Å². The highest BCUT2D eigenvalue weighted by molar-refractivity contribution is 6.16. The Bertz CT molecular complexity index is 2040. The average molecular weight is 557 g/mol. The quantitative estimate of drug-likeness (QED) is 0.201. The van der Waals surface area contributed by atoms with Crippen molar-refractivity contribution >= 4 is 34.2 Å². The largest absolute Gasteiger partial charge is 0.354 e. The van der Waals surface area contributed by atoms with Crippen molar-refractivity contribution < 1.29 is 0 Å². The van der Waals surface area contributed by atoms with Crippen molar-refractivity contribution in [2.24, 2.45) is 0 Å². The van der Waals surface area contributed by atoms with Crippen molar-refractivity contribution in [2.75, 3.05) is 0 Å². The normalized spacial score (nSPS) is 13.7. The molecule has 1 aliphatic heterocycles. The predicted octanol–water partition coefficient (Wildman–Crippen LogP) is 9.16. The Balaban J connectivity index is 1.22. The molecule has 43 heavy (non-hydrogen) atoms. The molecule has 0 bridgehead atoms. The van der Waals surface area contributed by atoms with Crippen LogP contribution in [0.4, 0.5) is 0 Å². The third-order valence-corrected chi connectivity index (χ3v) is 8.18. The van der Waals surface area contributed by atoms with E-state index in [-0.39, 0.29) is 0 Å². The minimum absolute atomic E-state index is 0.502. The molecule has 0 fully saturated rings. The summed E-state index contributed by atoms with van der Waals surface area (Å²) in [6.45, 7) is 4.18. The van der Waals surface area contributed by atoms with Crippen LogP contribution in [0.2, 0.25) is 0 Å². The number of benzene rings is 5. The zero-order chi connectivity index (χ0) is 29.3. The second-order valence-electron chi connectivity index (χ2n) is 10.8. The molecule has 4 heteroatoms. The van der Waals surface area contributed by atoms with Crippen LogP contribution >= 0.6 is 0 Å². The number of rotatable bonds is 6. The number of para-hydroxylation sites is 2. The monoisotopic (exact) mass is 556 g/mol. The van der Waals surface area contributed by atoms with Crippen molar-refractivity contribution in [3.05, 3.63) is 161 Å². The van der Waals surface area contributed by atoms with Crippen molar-refractivity contribution in [1.29, 1.82) is 5.41 Å². The average Bonchev–Trinajstić information content (AvgIpc) is 3.46. The van der Waals surface area contributed by atoms with Crippen LogP contribution in [0.15, 0.2) is 133 Å². The number of aryl methyl sites for hydroxylation is 1. The Kier molecular flexibility index (Phi) is 6.80. The van der Waals surface area contributed by atoms with Crippen LogP contribution in [0.25, 0.3) is 45.3 Å². The van der Waals surface area contributed by atoms with Crippen LogP contribution in [-0.2, 0) is 6.42 Å². The van der Waals surface area contributed by atoms with Gasteiger partial charge in [-0.1, -0.05) is 104 Å². The van der Waals surface area contributed by atoms with Gasteiger partial charge in [0.05, 0.1) is 22.4 Å². The van der Waals surface area contributed by atoms with Crippen LogP contribution < -0.4 is 5.32 Å². The van der Waals surface area contributed by atoms with E-state index in [4.69, 9.17) is 4.98 Å². The van der Waals surface area contributed by atoms with Gasteiger partial charge < -0.3 is 5.32 Å². The smallest absolute Gasteiger partial charge is 0.114 e. The molecule has 7 rings (SSSR count). The molecule has 0 saturated carbocycles. The molecule has 2 heterocycles. The summed E-state index contributed by atoms with van der Waals surface area (Å²) in [5.41, 5.74) is 13.1. The Morgan fingerprint density at radius 1 is 0.744 bits per heavy atom. The van der Waals surface area contributed by atoms with Gasteiger partial charge in [0.25, 0.3) is 0 Å². The van der Waals surface area contributed by atoms with Gasteiger partial charge in [0, 0.05) is 28.9 Å². The molecule has 1 aromatic heterocycles. The molecule has 6 aromatic rings. The highest BCUT2D eigenvalue weighted by atomic mass is 15.1. The molecule has 0 saturated heterocycles. The number of nitrogens with one attached hydrogen (secondary N) is 2. The van der Waals surface area contributed by atoms with Crippen LogP contribution in [0.5, 0.6) is 0 Å². The first-order chi connectivity index (χ1) is 21.1. The van der Waals surface area contributed by atoms with Crippen molar-refractivity contribution in [3.8, 4) is 16.8 Å². The van der Waals surface area contributed by atoms with E-state index in [9.17, 15) is 5.41 Å². The molecular weight excluding hydrogens is 524 g/mol. The van der Waals surface area contributed by atoms with Gasteiger partial charge in [-0.2, -0.15) is 0 Å². The fourth-order valence-corrected chi connectivity index (χ4v) is 5.91. The van der Waals surface area contributed by atoms with Gasteiger partial charge in [-0.15, -0.1) is 0 Å². The number of fused-ring (bicyclic) bond motifs is 2. The molecule has 4 nitrogen and oxygen atoms in total. The van der Waals surface area contributed by atoms with Crippen molar-refractivity contribution in [2.45, 2.75) is 20.3 Å².